The van der Waals surface area contributed by atoms with Crippen molar-refractivity contribution in [1.82, 2.24) is 9.88 Å². The zero-order chi connectivity index (χ0) is 14.5. The third-order valence-electron chi connectivity index (χ3n) is 2.82. The highest BCUT2D eigenvalue weighted by atomic mass is 32.1. The Labute approximate surface area is 121 Å². The van der Waals surface area contributed by atoms with Gasteiger partial charge in [-0.1, -0.05) is 30.3 Å². The minimum absolute atomic E-state index is 0.0449. The van der Waals surface area contributed by atoms with Crippen LogP contribution in [0.2, 0.25) is 0 Å². The van der Waals surface area contributed by atoms with Crippen LogP contribution in [0.15, 0.2) is 30.3 Å². The molecule has 0 unspecified atom stereocenters. The summed E-state index contributed by atoms with van der Waals surface area (Å²) in [6, 6.07) is 9.52. The van der Waals surface area contributed by atoms with Crippen LogP contribution in [0.1, 0.15) is 15.4 Å². The average Bonchev–Trinajstić information content (AvgIpc) is 2.84. The molecule has 0 saturated heterocycles. The highest BCUT2D eigenvalue weighted by Crippen LogP contribution is 2.28. The Morgan fingerprint density at radius 2 is 2.05 bits per heavy atom. The molecule has 2 aromatic rings. The smallest absolute Gasteiger partial charge is 0.355 e. The zero-order valence-corrected chi connectivity index (χ0v) is 11.9. The molecule has 0 fully saturated rings. The first-order valence-corrected chi connectivity index (χ1v) is 7.01. The van der Waals surface area contributed by atoms with Crippen LogP contribution >= 0.6 is 11.3 Å². The number of rotatable bonds is 6. The van der Waals surface area contributed by atoms with Crippen molar-refractivity contribution in [2.45, 2.75) is 6.54 Å². The van der Waals surface area contributed by atoms with Crippen LogP contribution in [0.5, 0.6) is 0 Å². The molecule has 0 saturated carbocycles. The maximum Gasteiger partial charge on any atom is 0.355 e. The predicted molar refractivity (Wildman–Crippen MR) is 77.9 cm³/mol. The molecule has 5 nitrogen and oxygen atoms in total. The van der Waals surface area contributed by atoms with Gasteiger partial charge in [0.1, 0.15) is 5.01 Å². The van der Waals surface area contributed by atoms with E-state index in [1.165, 1.54) is 11.3 Å². The van der Waals surface area contributed by atoms with Crippen LogP contribution in [0.3, 0.4) is 0 Å². The van der Waals surface area contributed by atoms with Gasteiger partial charge in [-0.15, -0.1) is 11.3 Å². The van der Waals surface area contributed by atoms with Crippen LogP contribution < -0.4 is 0 Å². The summed E-state index contributed by atoms with van der Waals surface area (Å²) in [5.74, 6) is -1.02. The third-order valence-corrected chi connectivity index (χ3v) is 3.91. The summed E-state index contributed by atoms with van der Waals surface area (Å²) < 4.78 is 0. The number of aromatic nitrogens is 1. The lowest BCUT2D eigenvalue weighted by atomic mass is 10.2. The molecule has 0 spiro atoms. The van der Waals surface area contributed by atoms with E-state index in [0.717, 1.165) is 5.56 Å². The van der Waals surface area contributed by atoms with Gasteiger partial charge in [-0.2, -0.15) is 0 Å². The van der Waals surface area contributed by atoms with Gasteiger partial charge in [0.25, 0.3) is 0 Å². The van der Waals surface area contributed by atoms with Crippen LogP contribution in [0, 0.1) is 0 Å². The number of aliphatic hydroxyl groups excluding tert-OH is 1. The molecule has 1 aromatic heterocycles. The molecule has 2 rings (SSSR count). The number of nitrogens with zero attached hydrogens (tertiary/aromatic N) is 2. The Bertz CT molecular complexity index is 583. The normalized spacial score (nSPS) is 10.9. The summed E-state index contributed by atoms with van der Waals surface area (Å²) in [5.41, 5.74) is 1.01. The van der Waals surface area contributed by atoms with Crippen molar-refractivity contribution in [1.29, 1.82) is 0 Å². The van der Waals surface area contributed by atoms with Crippen LogP contribution in [-0.2, 0) is 6.54 Å². The topological polar surface area (TPSA) is 73.7 Å². The summed E-state index contributed by atoms with van der Waals surface area (Å²) >= 11 is 1.38. The predicted octanol–water partition coefficient (Wildman–Crippen LogP) is 1.93. The fourth-order valence-corrected chi connectivity index (χ4v) is 2.96. The van der Waals surface area contributed by atoms with Crippen LogP contribution in [0.25, 0.3) is 10.6 Å². The van der Waals surface area contributed by atoms with Crippen molar-refractivity contribution in [3.63, 3.8) is 0 Å². The van der Waals surface area contributed by atoms with Crippen molar-refractivity contribution < 1.29 is 15.0 Å². The summed E-state index contributed by atoms with van der Waals surface area (Å²) in [5, 5.41) is 18.9. The van der Waals surface area contributed by atoms with E-state index in [0.29, 0.717) is 23.0 Å². The zero-order valence-electron chi connectivity index (χ0n) is 11.1. The summed E-state index contributed by atoms with van der Waals surface area (Å²) in [6.07, 6.45) is 0. The van der Waals surface area contributed by atoms with Gasteiger partial charge in [-0.25, -0.2) is 9.78 Å². The van der Waals surface area contributed by atoms with Gasteiger partial charge in [-0.05, 0) is 7.05 Å². The SMILES string of the molecule is CN(CCO)Cc1sc(-c2ccccc2)nc1C(=O)O. The number of carboxylic acid groups (broad SMARTS) is 1. The molecular weight excluding hydrogens is 276 g/mol. The van der Waals surface area contributed by atoms with E-state index in [1.807, 2.05) is 42.3 Å². The van der Waals surface area contributed by atoms with Gasteiger partial charge >= 0.3 is 5.97 Å². The molecule has 2 N–H and O–H groups in total. The number of carboxylic acids is 1. The molecule has 0 radical (unpaired) electrons. The number of likely N-dealkylation sites (N-methyl/N-ethyl adjacent to an activating group) is 1. The number of thiazole rings is 1. The minimum atomic E-state index is -1.02. The average molecular weight is 292 g/mol. The van der Waals surface area contributed by atoms with E-state index in [9.17, 15) is 9.90 Å². The van der Waals surface area contributed by atoms with Gasteiger partial charge in [0.05, 0.1) is 11.5 Å². The summed E-state index contributed by atoms with van der Waals surface area (Å²) in [4.78, 5) is 18.1. The number of hydrogen-bond donors (Lipinski definition) is 2. The third kappa shape index (κ3) is 3.41. The lowest BCUT2D eigenvalue weighted by Gasteiger charge is -2.13. The fourth-order valence-electron chi connectivity index (χ4n) is 1.83. The minimum Gasteiger partial charge on any atom is -0.476 e. The second-order valence-corrected chi connectivity index (χ2v) is 5.51. The van der Waals surface area contributed by atoms with E-state index < -0.39 is 5.97 Å². The molecule has 0 bridgehead atoms. The Morgan fingerprint density at radius 3 is 2.65 bits per heavy atom. The highest BCUT2D eigenvalue weighted by Gasteiger charge is 2.19. The standard InChI is InChI=1S/C14H16N2O3S/c1-16(7-8-17)9-11-12(14(18)19)15-13(20-11)10-5-3-2-4-6-10/h2-6,17H,7-9H2,1H3,(H,18,19). The molecule has 0 atom stereocenters. The van der Waals surface area contributed by atoms with Crippen molar-refractivity contribution in [2.75, 3.05) is 20.2 Å². The Kier molecular flexibility index (Phi) is 4.84. The molecule has 0 aliphatic heterocycles. The first-order chi connectivity index (χ1) is 9.61. The van der Waals surface area contributed by atoms with E-state index in [4.69, 9.17) is 5.11 Å². The summed E-state index contributed by atoms with van der Waals surface area (Å²) in [6.45, 7) is 1.01. The van der Waals surface area contributed by atoms with Gasteiger partial charge < -0.3 is 10.2 Å². The molecule has 0 aliphatic rings. The van der Waals surface area contributed by atoms with Crippen molar-refractivity contribution >= 4 is 17.3 Å². The lowest BCUT2D eigenvalue weighted by Crippen LogP contribution is -2.22. The first kappa shape index (κ1) is 14.6. The molecule has 0 aliphatic carbocycles. The van der Waals surface area contributed by atoms with E-state index in [2.05, 4.69) is 4.98 Å². The second kappa shape index (κ2) is 6.60. The lowest BCUT2D eigenvalue weighted by molar-refractivity contribution is 0.0689. The van der Waals surface area contributed by atoms with E-state index in [1.54, 1.807) is 0 Å². The van der Waals surface area contributed by atoms with Crippen molar-refractivity contribution in [3.8, 4) is 10.6 Å². The first-order valence-electron chi connectivity index (χ1n) is 6.19. The highest BCUT2D eigenvalue weighted by molar-refractivity contribution is 7.15. The fraction of sp³-hybridized carbons (Fsp3) is 0.286. The summed E-state index contributed by atoms with van der Waals surface area (Å²) in [7, 11) is 1.84. The van der Waals surface area contributed by atoms with Gasteiger partial charge in [-0.3, -0.25) is 4.90 Å². The number of benzene rings is 1. The monoisotopic (exact) mass is 292 g/mol. The van der Waals surface area contributed by atoms with Crippen molar-refractivity contribution in [3.05, 3.63) is 40.9 Å². The Morgan fingerprint density at radius 1 is 1.35 bits per heavy atom. The maximum atomic E-state index is 11.3. The quantitative estimate of drug-likeness (QED) is 0.851. The van der Waals surface area contributed by atoms with Gasteiger partial charge in [0, 0.05) is 18.7 Å². The molecule has 0 amide bonds. The Hall–Kier alpha value is -1.76. The maximum absolute atomic E-state index is 11.3. The molecular formula is C14H16N2O3S. The van der Waals surface area contributed by atoms with E-state index in [-0.39, 0.29) is 12.3 Å². The van der Waals surface area contributed by atoms with Gasteiger partial charge in [0.15, 0.2) is 5.69 Å². The van der Waals surface area contributed by atoms with Crippen molar-refractivity contribution in [2.24, 2.45) is 0 Å². The van der Waals surface area contributed by atoms with Gasteiger partial charge in [0.2, 0.25) is 0 Å². The van der Waals surface area contributed by atoms with Crippen LogP contribution in [-0.4, -0.2) is 46.3 Å². The molecule has 20 heavy (non-hydrogen) atoms. The number of aromatic carboxylic acids is 1. The Balaban J connectivity index is 2.31. The molecule has 1 heterocycles. The molecule has 1 aromatic carbocycles. The second-order valence-electron chi connectivity index (χ2n) is 4.42. The number of hydrogen-bond acceptors (Lipinski definition) is 5. The molecule has 6 heteroatoms. The number of aliphatic hydroxyl groups is 1. The number of carbonyl (C=O) groups is 1. The largest absolute Gasteiger partial charge is 0.476 e. The van der Waals surface area contributed by atoms with Crippen LogP contribution in [0.4, 0.5) is 0 Å². The molecule has 106 valence electrons. The van der Waals surface area contributed by atoms with E-state index >= 15 is 0 Å².